The van der Waals surface area contributed by atoms with E-state index in [-0.39, 0.29) is 11.8 Å². The zero-order valence-electron chi connectivity index (χ0n) is 9.92. The van der Waals surface area contributed by atoms with Crippen molar-refractivity contribution in [2.24, 2.45) is 0 Å². The van der Waals surface area contributed by atoms with Crippen molar-refractivity contribution in [3.8, 4) is 0 Å². The fourth-order valence-electron chi connectivity index (χ4n) is 2.11. The third-order valence-corrected chi connectivity index (χ3v) is 4.24. The summed E-state index contributed by atoms with van der Waals surface area (Å²) >= 11 is 3.50. The van der Waals surface area contributed by atoms with E-state index < -0.39 is 0 Å². The Morgan fingerprint density at radius 2 is 1.59 bits per heavy atom. The topological polar surface area (TPSA) is 37.4 Å². The van der Waals surface area contributed by atoms with E-state index in [0.717, 1.165) is 21.2 Å². The highest BCUT2D eigenvalue weighted by molar-refractivity contribution is 9.10. The summed E-state index contributed by atoms with van der Waals surface area (Å²) in [6, 6.07) is 4.02. The van der Waals surface area contributed by atoms with E-state index in [1.807, 2.05) is 26.0 Å². The second-order valence-corrected chi connectivity index (χ2v) is 5.21. The molecule has 17 heavy (non-hydrogen) atoms. The lowest BCUT2D eigenvalue weighted by molar-refractivity contribution is -0.139. The van der Waals surface area contributed by atoms with Crippen LogP contribution in [0.1, 0.15) is 29.5 Å². The molecule has 1 fully saturated rings. The molecular formula is C13H14BrNO2. The molecule has 0 unspecified atom stereocenters. The van der Waals surface area contributed by atoms with E-state index in [4.69, 9.17) is 0 Å². The molecule has 1 aliphatic rings. The maximum Gasteiger partial charge on any atom is 0.229 e. The summed E-state index contributed by atoms with van der Waals surface area (Å²) in [5.74, 6) is -0.124. The quantitative estimate of drug-likeness (QED) is 0.787. The summed E-state index contributed by atoms with van der Waals surface area (Å²) < 4.78 is 1.08. The molecule has 2 amide bonds. The lowest BCUT2D eigenvalue weighted by atomic mass is 10.1. The van der Waals surface area contributed by atoms with Crippen molar-refractivity contribution in [3.63, 3.8) is 0 Å². The second-order valence-electron chi connectivity index (χ2n) is 4.42. The van der Waals surface area contributed by atoms with Crippen LogP contribution in [0.3, 0.4) is 0 Å². The van der Waals surface area contributed by atoms with Crippen LogP contribution >= 0.6 is 15.9 Å². The van der Waals surface area contributed by atoms with Crippen LogP contribution in [0.5, 0.6) is 0 Å². The number of carbonyl (C=O) groups is 2. The SMILES string of the molecule is Cc1cc(CN2C(=O)CCC2=O)cc(C)c1Br. The van der Waals surface area contributed by atoms with Crippen molar-refractivity contribution < 1.29 is 9.59 Å². The number of benzene rings is 1. The van der Waals surface area contributed by atoms with Gasteiger partial charge in [0.05, 0.1) is 6.54 Å². The Balaban J connectivity index is 2.25. The number of likely N-dealkylation sites (tertiary alicyclic amines) is 1. The van der Waals surface area contributed by atoms with Crippen LogP contribution < -0.4 is 0 Å². The van der Waals surface area contributed by atoms with Gasteiger partial charge in [-0.3, -0.25) is 14.5 Å². The Labute approximate surface area is 109 Å². The molecule has 0 aromatic heterocycles. The number of hydrogen-bond acceptors (Lipinski definition) is 2. The van der Waals surface area contributed by atoms with E-state index in [1.165, 1.54) is 4.90 Å². The van der Waals surface area contributed by atoms with Crippen LogP contribution in [0.4, 0.5) is 0 Å². The fraction of sp³-hybridized carbons (Fsp3) is 0.385. The minimum Gasteiger partial charge on any atom is -0.278 e. The Bertz CT molecular complexity index is 457. The monoisotopic (exact) mass is 295 g/mol. The molecule has 0 spiro atoms. The normalized spacial score (nSPS) is 15.8. The molecule has 1 heterocycles. The van der Waals surface area contributed by atoms with Gasteiger partial charge in [0, 0.05) is 17.3 Å². The molecule has 0 bridgehead atoms. The van der Waals surface area contributed by atoms with Crippen molar-refractivity contribution in [2.45, 2.75) is 33.2 Å². The average Bonchev–Trinajstić information content (AvgIpc) is 2.57. The molecular weight excluding hydrogens is 282 g/mol. The first-order valence-electron chi connectivity index (χ1n) is 5.58. The minimum absolute atomic E-state index is 0.0618. The molecule has 1 aromatic rings. The van der Waals surface area contributed by atoms with Crippen LogP contribution in [0, 0.1) is 13.8 Å². The van der Waals surface area contributed by atoms with Crippen molar-refractivity contribution in [1.29, 1.82) is 0 Å². The lowest BCUT2D eigenvalue weighted by Gasteiger charge is -2.15. The van der Waals surface area contributed by atoms with Gasteiger partial charge < -0.3 is 0 Å². The van der Waals surface area contributed by atoms with Gasteiger partial charge in [-0.15, -0.1) is 0 Å². The highest BCUT2D eigenvalue weighted by atomic mass is 79.9. The van der Waals surface area contributed by atoms with Crippen LogP contribution in [-0.4, -0.2) is 16.7 Å². The third kappa shape index (κ3) is 2.41. The summed E-state index contributed by atoms with van der Waals surface area (Å²) in [6.07, 6.45) is 0.709. The van der Waals surface area contributed by atoms with Gasteiger partial charge in [0.1, 0.15) is 0 Å². The highest BCUT2D eigenvalue weighted by Gasteiger charge is 2.28. The first-order valence-corrected chi connectivity index (χ1v) is 6.37. The molecule has 1 aliphatic heterocycles. The van der Waals surface area contributed by atoms with Gasteiger partial charge >= 0.3 is 0 Å². The number of hydrogen-bond donors (Lipinski definition) is 0. The maximum atomic E-state index is 11.5. The third-order valence-electron chi connectivity index (χ3n) is 2.99. The first kappa shape index (κ1) is 12.3. The van der Waals surface area contributed by atoms with Gasteiger partial charge in [0.2, 0.25) is 11.8 Å². The van der Waals surface area contributed by atoms with Crippen LogP contribution in [0.15, 0.2) is 16.6 Å². The molecule has 1 saturated heterocycles. The van der Waals surface area contributed by atoms with Crippen molar-refractivity contribution in [1.82, 2.24) is 4.90 Å². The molecule has 0 saturated carbocycles. The molecule has 0 radical (unpaired) electrons. The summed E-state index contributed by atoms with van der Waals surface area (Å²) in [4.78, 5) is 24.4. The van der Waals surface area contributed by atoms with Crippen LogP contribution in [0.25, 0.3) is 0 Å². The van der Waals surface area contributed by atoms with Crippen molar-refractivity contribution >= 4 is 27.7 Å². The second kappa shape index (κ2) is 4.61. The zero-order chi connectivity index (χ0) is 12.6. The highest BCUT2D eigenvalue weighted by Crippen LogP contribution is 2.24. The van der Waals surface area contributed by atoms with Gasteiger partial charge in [-0.05, 0) is 30.5 Å². The number of halogens is 1. The van der Waals surface area contributed by atoms with E-state index in [0.29, 0.717) is 19.4 Å². The summed E-state index contributed by atoms with van der Waals surface area (Å²) in [5, 5.41) is 0. The Morgan fingerprint density at radius 1 is 1.12 bits per heavy atom. The zero-order valence-corrected chi connectivity index (χ0v) is 11.5. The number of carbonyl (C=O) groups excluding carboxylic acids is 2. The standard InChI is InChI=1S/C13H14BrNO2/c1-8-5-10(6-9(2)13(8)14)7-15-11(16)3-4-12(15)17/h5-6H,3-4,7H2,1-2H3. The molecule has 2 rings (SSSR count). The molecule has 0 atom stereocenters. The number of nitrogens with zero attached hydrogens (tertiary/aromatic N) is 1. The molecule has 0 aliphatic carbocycles. The van der Waals surface area contributed by atoms with E-state index in [9.17, 15) is 9.59 Å². The number of amides is 2. The summed E-state index contributed by atoms with van der Waals surface area (Å²) in [5.41, 5.74) is 3.25. The Morgan fingerprint density at radius 3 is 2.06 bits per heavy atom. The van der Waals surface area contributed by atoms with Gasteiger partial charge in [0.15, 0.2) is 0 Å². The predicted octanol–water partition coefficient (Wildman–Crippen LogP) is 2.71. The number of rotatable bonds is 2. The summed E-state index contributed by atoms with van der Waals surface area (Å²) in [6.45, 7) is 4.41. The fourth-order valence-corrected chi connectivity index (χ4v) is 2.34. The van der Waals surface area contributed by atoms with Crippen molar-refractivity contribution in [2.75, 3.05) is 0 Å². The van der Waals surface area contributed by atoms with E-state index >= 15 is 0 Å². The minimum atomic E-state index is -0.0618. The molecule has 4 heteroatoms. The van der Waals surface area contributed by atoms with Gasteiger partial charge in [-0.2, -0.15) is 0 Å². The predicted molar refractivity (Wildman–Crippen MR) is 68.4 cm³/mol. The maximum absolute atomic E-state index is 11.5. The molecule has 90 valence electrons. The Hall–Kier alpha value is -1.16. The Kier molecular flexibility index (Phi) is 3.33. The molecule has 0 N–H and O–H groups in total. The number of imide groups is 1. The first-order chi connectivity index (χ1) is 7.99. The van der Waals surface area contributed by atoms with E-state index in [2.05, 4.69) is 15.9 Å². The smallest absolute Gasteiger partial charge is 0.229 e. The average molecular weight is 296 g/mol. The largest absolute Gasteiger partial charge is 0.278 e. The number of aryl methyl sites for hydroxylation is 2. The van der Waals surface area contributed by atoms with Crippen LogP contribution in [-0.2, 0) is 16.1 Å². The van der Waals surface area contributed by atoms with Gasteiger partial charge in [-0.1, -0.05) is 28.1 Å². The molecule has 3 nitrogen and oxygen atoms in total. The summed E-state index contributed by atoms with van der Waals surface area (Å²) in [7, 11) is 0. The van der Waals surface area contributed by atoms with Gasteiger partial charge in [-0.25, -0.2) is 0 Å². The van der Waals surface area contributed by atoms with Crippen molar-refractivity contribution in [3.05, 3.63) is 33.3 Å². The van der Waals surface area contributed by atoms with Crippen LogP contribution in [0.2, 0.25) is 0 Å². The lowest BCUT2D eigenvalue weighted by Crippen LogP contribution is -2.28. The van der Waals surface area contributed by atoms with Gasteiger partial charge in [0.25, 0.3) is 0 Å². The van der Waals surface area contributed by atoms with E-state index in [1.54, 1.807) is 0 Å². The molecule has 1 aromatic carbocycles.